The maximum absolute atomic E-state index is 5.50. The molecular weight excluding hydrogens is 278 g/mol. The predicted molar refractivity (Wildman–Crippen MR) is 82.5 cm³/mol. The second kappa shape index (κ2) is 5.85. The largest absolute Gasteiger partial charge is 0.381 e. The van der Waals surface area contributed by atoms with Crippen LogP contribution in [-0.4, -0.2) is 50.0 Å². The molecule has 6 heteroatoms. The van der Waals surface area contributed by atoms with E-state index in [0.29, 0.717) is 12.1 Å². The summed E-state index contributed by atoms with van der Waals surface area (Å²) < 4.78 is 9.84. The molecule has 0 saturated carbocycles. The van der Waals surface area contributed by atoms with Gasteiger partial charge in [-0.1, -0.05) is 0 Å². The summed E-state index contributed by atoms with van der Waals surface area (Å²) in [7, 11) is 0. The molecule has 1 fully saturated rings. The fourth-order valence-electron chi connectivity index (χ4n) is 3.78. The van der Waals surface area contributed by atoms with Crippen LogP contribution in [0.25, 0.3) is 0 Å². The number of aromatic nitrogens is 4. The third-order valence-corrected chi connectivity index (χ3v) is 4.97. The number of nitrogens with zero attached hydrogens (tertiary/aromatic N) is 5. The molecule has 0 aromatic carbocycles. The van der Waals surface area contributed by atoms with Crippen LogP contribution < -0.4 is 0 Å². The number of fused-ring (bicyclic) bond motifs is 1. The molecule has 4 rings (SSSR count). The molecule has 2 aromatic heterocycles. The number of hydrogen-bond donors (Lipinski definition) is 0. The van der Waals surface area contributed by atoms with Crippen molar-refractivity contribution in [2.75, 3.05) is 19.8 Å². The van der Waals surface area contributed by atoms with Gasteiger partial charge in [0.15, 0.2) is 0 Å². The maximum atomic E-state index is 5.50. The molecular formula is C16H23N5O. The van der Waals surface area contributed by atoms with Gasteiger partial charge in [-0.15, -0.1) is 0 Å². The lowest BCUT2D eigenvalue weighted by Gasteiger charge is -2.41. The van der Waals surface area contributed by atoms with Crippen molar-refractivity contribution in [3.05, 3.63) is 36.2 Å². The molecule has 0 bridgehead atoms. The van der Waals surface area contributed by atoms with Crippen molar-refractivity contribution in [3.63, 3.8) is 0 Å². The smallest absolute Gasteiger partial charge is 0.126 e. The van der Waals surface area contributed by atoms with Crippen LogP contribution in [0.4, 0.5) is 0 Å². The maximum Gasteiger partial charge on any atom is 0.126 e. The molecule has 0 amide bonds. The summed E-state index contributed by atoms with van der Waals surface area (Å²) in [4.78, 5) is 7.33. The van der Waals surface area contributed by atoms with Crippen LogP contribution in [0.1, 0.15) is 37.3 Å². The Kier molecular flexibility index (Phi) is 3.72. The number of imidazole rings is 1. The highest BCUT2D eigenvalue weighted by molar-refractivity contribution is 5.12. The van der Waals surface area contributed by atoms with Gasteiger partial charge in [0.1, 0.15) is 5.82 Å². The molecule has 2 aromatic rings. The van der Waals surface area contributed by atoms with Crippen LogP contribution in [0.5, 0.6) is 0 Å². The van der Waals surface area contributed by atoms with E-state index >= 15 is 0 Å². The predicted octanol–water partition coefficient (Wildman–Crippen LogP) is 1.68. The minimum atomic E-state index is 0.378. The second-order valence-electron chi connectivity index (χ2n) is 6.22. The van der Waals surface area contributed by atoms with Gasteiger partial charge in [-0.05, 0) is 25.8 Å². The van der Waals surface area contributed by atoms with Gasteiger partial charge in [0.25, 0.3) is 0 Å². The molecule has 2 aliphatic rings. The fraction of sp³-hybridized carbons (Fsp3) is 0.625. The average molecular weight is 301 g/mol. The molecule has 0 radical (unpaired) electrons. The molecule has 6 nitrogen and oxygen atoms in total. The Bertz CT molecular complexity index is 615. The number of ether oxygens (including phenoxy) is 1. The van der Waals surface area contributed by atoms with Crippen molar-refractivity contribution in [1.82, 2.24) is 24.2 Å². The van der Waals surface area contributed by atoms with E-state index in [-0.39, 0.29) is 0 Å². The third kappa shape index (κ3) is 2.46. The lowest BCUT2D eigenvalue weighted by molar-refractivity contribution is 0.00871. The van der Waals surface area contributed by atoms with Gasteiger partial charge in [0.2, 0.25) is 0 Å². The summed E-state index contributed by atoms with van der Waals surface area (Å²) in [6.45, 7) is 6.99. The standard InChI is InChI=1S/C16H23N5O/c1-13-16-17-11-15(12-19-6-2-5-18-19)21(16)8-7-20(13)14-3-9-22-10-4-14/h2,5-6,11,13-14H,3-4,7-10,12H2,1H3. The van der Waals surface area contributed by atoms with Gasteiger partial charge in [-0.3, -0.25) is 9.58 Å². The van der Waals surface area contributed by atoms with Crippen molar-refractivity contribution in [2.24, 2.45) is 0 Å². The van der Waals surface area contributed by atoms with Crippen molar-refractivity contribution in [3.8, 4) is 0 Å². The van der Waals surface area contributed by atoms with Crippen LogP contribution >= 0.6 is 0 Å². The first-order valence-electron chi connectivity index (χ1n) is 8.18. The molecule has 2 aliphatic heterocycles. The van der Waals surface area contributed by atoms with E-state index in [4.69, 9.17) is 9.72 Å². The Balaban J connectivity index is 1.54. The molecule has 1 unspecified atom stereocenters. The number of hydrogen-bond acceptors (Lipinski definition) is 4. The van der Waals surface area contributed by atoms with E-state index in [2.05, 4.69) is 21.5 Å². The van der Waals surface area contributed by atoms with Gasteiger partial charge in [0.05, 0.1) is 24.5 Å². The zero-order valence-electron chi connectivity index (χ0n) is 13.1. The molecule has 0 N–H and O–H groups in total. The van der Waals surface area contributed by atoms with E-state index in [9.17, 15) is 0 Å². The summed E-state index contributed by atoms with van der Waals surface area (Å²) >= 11 is 0. The minimum Gasteiger partial charge on any atom is -0.381 e. The van der Waals surface area contributed by atoms with Crippen molar-refractivity contribution >= 4 is 0 Å². The first-order valence-corrected chi connectivity index (χ1v) is 8.18. The normalized spacial score (nSPS) is 23.6. The minimum absolute atomic E-state index is 0.378. The molecule has 0 spiro atoms. The van der Waals surface area contributed by atoms with Crippen molar-refractivity contribution < 1.29 is 4.74 Å². The Hall–Kier alpha value is -1.66. The molecule has 1 saturated heterocycles. The Morgan fingerprint density at radius 3 is 2.91 bits per heavy atom. The van der Waals surface area contributed by atoms with Crippen molar-refractivity contribution in [2.45, 2.75) is 44.9 Å². The molecule has 0 aliphatic carbocycles. The molecule has 4 heterocycles. The highest BCUT2D eigenvalue weighted by Gasteiger charge is 2.32. The summed E-state index contributed by atoms with van der Waals surface area (Å²) in [6, 6.07) is 2.98. The van der Waals surface area contributed by atoms with E-state index in [1.165, 1.54) is 11.5 Å². The fourth-order valence-corrected chi connectivity index (χ4v) is 3.78. The van der Waals surface area contributed by atoms with Gasteiger partial charge in [-0.2, -0.15) is 5.10 Å². The number of rotatable bonds is 3. The Morgan fingerprint density at radius 1 is 1.27 bits per heavy atom. The second-order valence-corrected chi connectivity index (χ2v) is 6.22. The summed E-state index contributed by atoms with van der Waals surface area (Å²) in [5, 5.41) is 4.30. The van der Waals surface area contributed by atoms with Crippen LogP contribution in [0.3, 0.4) is 0 Å². The van der Waals surface area contributed by atoms with Gasteiger partial charge < -0.3 is 9.30 Å². The van der Waals surface area contributed by atoms with E-state index in [0.717, 1.165) is 45.7 Å². The summed E-state index contributed by atoms with van der Waals surface area (Å²) in [5.41, 5.74) is 1.25. The quantitative estimate of drug-likeness (QED) is 0.865. The molecule has 118 valence electrons. The van der Waals surface area contributed by atoms with E-state index in [1.54, 1.807) is 0 Å². The Labute approximate surface area is 130 Å². The Morgan fingerprint density at radius 2 is 2.14 bits per heavy atom. The first-order chi connectivity index (χ1) is 10.8. The van der Waals surface area contributed by atoms with Crippen molar-refractivity contribution in [1.29, 1.82) is 0 Å². The average Bonchev–Trinajstić information content (AvgIpc) is 3.20. The highest BCUT2D eigenvalue weighted by Crippen LogP contribution is 2.30. The zero-order chi connectivity index (χ0) is 14.9. The lowest BCUT2D eigenvalue weighted by atomic mass is 10.0. The van der Waals surface area contributed by atoms with Gasteiger partial charge in [-0.25, -0.2) is 4.98 Å². The third-order valence-electron chi connectivity index (χ3n) is 4.97. The topological polar surface area (TPSA) is 48.1 Å². The summed E-state index contributed by atoms with van der Waals surface area (Å²) in [6.07, 6.45) is 8.13. The first kappa shape index (κ1) is 14.0. The molecule has 1 atom stereocenters. The van der Waals surface area contributed by atoms with Crippen LogP contribution in [0, 0.1) is 0 Å². The van der Waals surface area contributed by atoms with Crippen LogP contribution in [0.2, 0.25) is 0 Å². The lowest BCUT2D eigenvalue weighted by Crippen LogP contribution is -2.46. The van der Waals surface area contributed by atoms with Gasteiger partial charge in [0, 0.05) is 44.7 Å². The SMILES string of the molecule is CC1c2ncc(Cn3cccn3)n2CCN1C1CCOCC1. The van der Waals surface area contributed by atoms with E-state index < -0.39 is 0 Å². The van der Waals surface area contributed by atoms with E-state index in [1.807, 2.05) is 29.3 Å². The van der Waals surface area contributed by atoms with Crippen LogP contribution in [0.15, 0.2) is 24.7 Å². The highest BCUT2D eigenvalue weighted by atomic mass is 16.5. The monoisotopic (exact) mass is 301 g/mol. The van der Waals surface area contributed by atoms with Crippen LogP contribution in [-0.2, 0) is 17.8 Å². The molecule has 22 heavy (non-hydrogen) atoms. The summed E-state index contributed by atoms with van der Waals surface area (Å²) in [5.74, 6) is 1.19. The zero-order valence-corrected chi connectivity index (χ0v) is 13.1. The van der Waals surface area contributed by atoms with Gasteiger partial charge >= 0.3 is 0 Å².